The SMILES string of the molecule is CC1=C(CCNCC2Cc3c(cc(O)c(N4CC(=O)NS4=O)c3F)O2)C(C)(C)CCC1. The Morgan fingerprint density at radius 3 is 2.90 bits per heavy atom. The lowest BCUT2D eigenvalue weighted by Crippen LogP contribution is -2.32. The van der Waals surface area contributed by atoms with Gasteiger partial charge in [0.25, 0.3) is 5.91 Å². The fourth-order valence-electron chi connectivity index (χ4n) is 4.98. The van der Waals surface area contributed by atoms with E-state index in [4.69, 9.17) is 4.74 Å². The van der Waals surface area contributed by atoms with Gasteiger partial charge in [0.15, 0.2) is 5.82 Å². The molecular weight excluding hydrogens is 421 g/mol. The van der Waals surface area contributed by atoms with Crippen molar-refractivity contribution in [3.8, 4) is 11.5 Å². The van der Waals surface area contributed by atoms with Crippen molar-refractivity contribution < 1.29 is 23.2 Å². The molecule has 1 amide bonds. The van der Waals surface area contributed by atoms with Crippen LogP contribution in [0.4, 0.5) is 10.1 Å². The van der Waals surface area contributed by atoms with Gasteiger partial charge in [-0.05, 0) is 44.6 Å². The van der Waals surface area contributed by atoms with Crippen LogP contribution in [0.15, 0.2) is 17.2 Å². The minimum Gasteiger partial charge on any atom is -0.505 e. The zero-order valence-corrected chi connectivity index (χ0v) is 19.0. The molecule has 7 nitrogen and oxygen atoms in total. The number of carbonyl (C=O) groups excluding carboxylic acids is 1. The summed E-state index contributed by atoms with van der Waals surface area (Å²) in [6.07, 6.45) is 4.72. The maximum Gasteiger partial charge on any atom is 0.253 e. The highest BCUT2D eigenvalue weighted by Gasteiger charge is 2.36. The fourth-order valence-corrected chi connectivity index (χ4v) is 5.92. The summed E-state index contributed by atoms with van der Waals surface area (Å²) in [5, 5.41) is 13.7. The zero-order valence-electron chi connectivity index (χ0n) is 18.2. The van der Waals surface area contributed by atoms with E-state index in [1.165, 1.54) is 36.5 Å². The lowest BCUT2D eigenvalue weighted by Gasteiger charge is -2.34. The van der Waals surface area contributed by atoms with Crippen LogP contribution >= 0.6 is 0 Å². The van der Waals surface area contributed by atoms with Crippen LogP contribution in [-0.2, 0) is 22.4 Å². The first-order valence-corrected chi connectivity index (χ1v) is 11.9. The number of phenols is 1. The molecule has 0 spiro atoms. The first kappa shape index (κ1) is 22.1. The third-order valence-electron chi connectivity index (χ3n) is 6.55. The molecule has 2 heterocycles. The lowest BCUT2D eigenvalue weighted by molar-refractivity contribution is -0.117. The number of hydrogen-bond donors (Lipinski definition) is 3. The van der Waals surface area contributed by atoms with Gasteiger partial charge in [0.1, 0.15) is 29.8 Å². The Bertz CT molecular complexity index is 963. The first-order chi connectivity index (χ1) is 14.7. The lowest BCUT2D eigenvalue weighted by atomic mass is 9.71. The summed E-state index contributed by atoms with van der Waals surface area (Å²) in [6.45, 7) is 7.97. The van der Waals surface area contributed by atoms with Crippen LogP contribution in [-0.4, -0.2) is 41.0 Å². The molecule has 1 aliphatic carbocycles. The van der Waals surface area contributed by atoms with Gasteiger partial charge in [-0.1, -0.05) is 25.0 Å². The maximum atomic E-state index is 15.1. The fraction of sp³-hybridized carbons (Fsp3) is 0.591. The predicted molar refractivity (Wildman–Crippen MR) is 118 cm³/mol. The Balaban J connectivity index is 1.38. The monoisotopic (exact) mass is 451 g/mol. The van der Waals surface area contributed by atoms with Crippen molar-refractivity contribution >= 4 is 22.8 Å². The van der Waals surface area contributed by atoms with E-state index < -0.39 is 28.6 Å². The molecule has 3 aliphatic rings. The highest BCUT2D eigenvalue weighted by Crippen LogP contribution is 2.43. The number of amides is 1. The second kappa shape index (κ2) is 8.43. The Morgan fingerprint density at radius 2 is 2.23 bits per heavy atom. The van der Waals surface area contributed by atoms with Crippen LogP contribution in [0, 0.1) is 11.2 Å². The summed E-state index contributed by atoms with van der Waals surface area (Å²) in [5.41, 5.74) is 3.38. The van der Waals surface area contributed by atoms with E-state index in [-0.39, 0.29) is 23.8 Å². The van der Waals surface area contributed by atoms with E-state index in [1.54, 1.807) is 0 Å². The van der Waals surface area contributed by atoms with Crippen molar-refractivity contribution in [1.29, 1.82) is 0 Å². The number of allylic oxidation sites excluding steroid dienone is 1. The summed E-state index contributed by atoms with van der Waals surface area (Å²) < 4.78 is 36.2. The van der Waals surface area contributed by atoms with Gasteiger partial charge in [-0.15, -0.1) is 0 Å². The number of benzene rings is 1. The van der Waals surface area contributed by atoms with Crippen molar-refractivity contribution in [1.82, 2.24) is 10.0 Å². The molecule has 0 aromatic heterocycles. The quantitative estimate of drug-likeness (QED) is 0.457. The number of fused-ring (bicyclic) bond motifs is 1. The van der Waals surface area contributed by atoms with Crippen LogP contribution in [0.1, 0.15) is 52.0 Å². The Hall–Kier alpha value is -2.13. The Kier molecular flexibility index (Phi) is 6.00. The molecule has 9 heteroatoms. The van der Waals surface area contributed by atoms with Crippen LogP contribution in [0.25, 0.3) is 0 Å². The van der Waals surface area contributed by atoms with Gasteiger partial charge in [-0.25, -0.2) is 8.60 Å². The van der Waals surface area contributed by atoms with Crippen LogP contribution in [0.5, 0.6) is 11.5 Å². The standard InChI is InChI=1S/C22H30FN3O4S/c1-13-5-4-7-22(2,3)16(13)6-8-24-11-14-9-15-18(30-14)10-17(27)21(20(15)23)26-12-19(28)25-31(26)29/h10,14,24,27H,4-9,11-12H2,1-3H3,(H,25,28). The number of nitrogens with one attached hydrogen (secondary N) is 2. The summed E-state index contributed by atoms with van der Waals surface area (Å²) in [5.74, 6) is -1.27. The summed E-state index contributed by atoms with van der Waals surface area (Å²) >= 11 is -1.91. The number of ether oxygens (including phenoxy) is 1. The topological polar surface area (TPSA) is 90.9 Å². The molecule has 0 radical (unpaired) electrons. The highest BCUT2D eigenvalue weighted by atomic mass is 32.2. The normalized spacial score (nSPS) is 24.9. The van der Waals surface area contributed by atoms with E-state index in [0.29, 0.717) is 24.3 Å². The molecule has 4 rings (SSSR count). The predicted octanol–water partition coefficient (Wildman–Crippen LogP) is 2.86. The number of carbonyl (C=O) groups is 1. The van der Waals surface area contributed by atoms with Gasteiger partial charge in [-0.3, -0.25) is 13.8 Å². The number of anilines is 1. The minimum absolute atomic E-state index is 0.227. The van der Waals surface area contributed by atoms with Gasteiger partial charge in [0, 0.05) is 24.6 Å². The summed E-state index contributed by atoms with van der Waals surface area (Å²) in [6, 6.07) is 1.34. The second-order valence-corrected chi connectivity index (χ2v) is 10.4. The van der Waals surface area contributed by atoms with Crippen LogP contribution < -0.4 is 19.1 Å². The van der Waals surface area contributed by atoms with Crippen LogP contribution in [0.2, 0.25) is 0 Å². The number of rotatable bonds is 6. The van der Waals surface area contributed by atoms with Crippen LogP contribution in [0.3, 0.4) is 0 Å². The minimum atomic E-state index is -1.91. The summed E-state index contributed by atoms with van der Waals surface area (Å²) in [7, 11) is 0. The molecule has 2 atom stereocenters. The van der Waals surface area contributed by atoms with E-state index in [9.17, 15) is 14.1 Å². The molecule has 3 N–H and O–H groups in total. The molecular formula is C22H30FN3O4S. The Labute approximate surface area is 184 Å². The molecule has 1 aromatic carbocycles. The Morgan fingerprint density at radius 1 is 1.45 bits per heavy atom. The highest BCUT2D eigenvalue weighted by molar-refractivity contribution is 7.85. The number of hydrogen-bond acceptors (Lipinski definition) is 5. The van der Waals surface area contributed by atoms with Gasteiger partial charge in [-0.2, -0.15) is 0 Å². The van der Waals surface area contributed by atoms with Gasteiger partial charge >= 0.3 is 0 Å². The van der Waals surface area contributed by atoms with E-state index in [0.717, 1.165) is 17.3 Å². The molecule has 2 unspecified atom stereocenters. The molecule has 0 bridgehead atoms. The average Bonchev–Trinajstić information content (AvgIpc) is 3.23. The van der Waals surface area contributed by atoms with Gasteiger partial charge < -0.3 is 15.2 Å². The average molecular weight is 452 g/mol. The largest absolute Gasteiger partial charge is 0.505 e. The second-order valence-electron chi connectivity index (χ2n) is 9.24. The van der Waals surface area contributed by atoms with Gasteiger partial charge in [0.05, 0.1) is 0 Å². The van der Waals surface area contributed by atoms with E-state index in [1.807, 2.05) is 0 Å². The van der Waals surface area contributed by atoms with Gasteiger partial charge in [0.2, 0.25) is 11.2 Å². The number of halogens is 1. The van der Waals surface area contributed by atoms with E-state index in [2.05, 4.69) is 30.8 Å². The number of aromatic hydroxyl groups is 1. The molecule has 1 saturated heterocycles. The van der Waals surface area contributed by atoms with Crippen molar-refractivity contribution in [3.05, 3.63) is 28.6 Å². The van der Waals surface area contributed by atoms with E-state index >= 15 is 4.39 Å². The molecule has 31 heavy (non-hydrogen) atoms. The molecule has 1 fully saturated rings. The molecule has 0 saturated carbocycles. The third-order valence-corrected chi connectivity index (χ3v) is 7.67. The molecule has 1 aromatic rings. The van der Waals surface area contributed by atoms with Crippen molar-refractivity contribution in [3.63, 3.8) is 0 Å². The molecule has 2 aliphatic heterocycles. The maximum absolute atomic E-state index is 15.1. The third kappa shape index (κ3) is 4.30. The zero-order chi connectivity index (χ0) is 22.3. The van der Waals surface area contributed by atoms with Crippen molar-refractivity contribution in [2.24, 2.45) is 5.41 Å². The first-order valence-electron chi connectivity index (χ1n) is 10.8. The number of nitrogens with zero attached hydrogens (tertiary/aromatic N) is 1. The summed E-state index contributed by atoms with van der Waals surface area (Å²) in [4.78, 5) is 11.5. The van der Waals surface area contributed by atoms with Crippen molar-refractivity contribution in [2.45, 2.75) is 59.0 Å². The smallest absolute Gasteiger partial charge is 0.253 e. The molecule has 170 valence electrons. The van der Waals surface area contributed by atoms with Crippen molar-refractivity contribution in [2.75, 3.05) is 23.9 Å². The number of phenolic OH excluding ortho intramolecular Hbond substituents is 1.